The van der Waals surface area contributed by atoms with Crippen molar-refractivity contribution in [2.45, 2.75) is 29.2 Å². The molecule has 0 aliphatic carbocycles. The van der Waals surface area contributed by atoms with Crippen LogP contribution in [-0.2, 0) is 14.6 Å². The first-order chi connectivity index (χ1) is 12.8. The van der Waals surface area contributed by atoms with E-state index in [1.165, 1.54) is 0 Å². The molecule has 164 valence electrons. The lowest BCUT2D eigenvalue weighted by molar-refractivity contribution is -0.213. The third kappa shape index (κ3) is 16.0. The molecule has 0 spiro atoms. The summed E-state index contributed by atoms with van der Waals surface area (Å²) in [5.74, 6) is 0. The number of hydrogen-bond donors (Lipinski definition) is 2. The molecule has 28 heavy (non-hydrogen) atoms. The van der Waals surface area contributed by atoms with E-state index in [4.69, 9.17) is 34.8 Å². The van der Waals surface area contributed by atoms with Crippen molar-refractivity contribution in [1.29, 1.82) is 0 Å². The number of rotatable bonds is 7. The van der Waals surface area contributed by atoms with Crippen molar-refractivity contribution in [2.75, 3.05) is 25.0 Å². The summed E-state index contributed by atoms with van der Waals surface area (Å²) in [6.07, 6.45) is -9.54. The van der Waals surface area contributed by atoms with Crippen LogP contribution in [-0.4, -0.2) is 58.3 Å². The number of carbonyl (C=O) groups is 3. The smallest absolute Gasteiger partial charge is 0.320 e. The molecular weight excluding hydrogens is 525 g/mol. The van der Waals surface area contributed by atoms with E-state index < -0.39 is 47.8 Å². The number of hydroxylamine groups is 2. The number of hydrogen-bond acceptors (Lipinski definition) is 6. The highest BCUT2D eigenvalue weighted by Crippen LogP contribution is 2.30. The van der Waals surface area contributed by atoms with E-state index in [0.717, 1.165) is 0 Å². The van der Waals surface area contributed by atoms with Gasteiger partial charge in [0.1, 0.15) is 0 Å². The molecule has 0 unspecified atom stereocenters. The van der Waals surface area contributed by atoms with E-state index in [2.05, 4.69) is 35.9 Å². The van der Waals surface area contributed by atoms with Gasteiger partial charge in [0.15, 0.2) is 3.79 Å². The molecule has 9 nitrogen and oxygen atoms in total. The van der Waals surface area contributed by atoms with Crippen LogP contribution in [0.4, 0.5) is 27.6 Å². The third-order valence-corrected chi connectivity index (χ3v) is 3.57. The highest BCUT2D eigenvalue weighted by molar-refractivity contribution is 9.09. The van der Waals surface area contributed by atoms with Gasteiger partial charge in [-0.05, 0) is 6.42 Å². The van der Waals surface area contributed by atoms with Crippen LogP contribution in [0.1, 0.15) is 19.3 Å². The van der Waals surface area contributed by atoms with Crippen molar-refractivity contribution in [3.8, 4) is 0 Å². The van der Waals surface area contributed by atoms with Gasteiger partial charge in [-0.25, -0.2) is 24.2 Å². The number of amides is 3. The molecule has 3 amide bonds. The van der Waals surface area contributed by atoms with Gasteiger partial charge in [0.25, 0.3) is 0 Å². The lowest BCUT2D eigenvalue weighted by Crippen LogP contribution is -2.40. The van der Waals surface area contributed by atoms with E-state index in [1.807, 2.05) is 0 Å². The SMILES string of the molecule is O=C(NCCC(F)(F)F)OOC(=O)N(CCC(Cl)(Cl)Cl)OC(=O)NCCCBr. The Kier molecular flexibility index (Phi) is 12.7. The lowest BCUT2D eigenvalue weighted by Gasteiger charge is -2.21. The zero-order chi connectivity index (χ0) is 21.8. The normalized spacial score (nSPS) is 11.4. The molecule has 16 heteroatoms. The van der Waals surface area contributed by atoms with Gasteiger partial charge < -0.3 is 15.5 Å². The second-order valence-electron chi connectivity index (χ2n) is 4.83. The molecule has 0 saturated carbocycles. The number of alkyl halides is 7. The average molecular weight is 542 g/mol. The molecule has 0 aromatic heterocycles. The van der Waals surface area contributed by atoms with Crippen LogP contribution in [0.2, 0.25) is 0 Å². The summed E-state index contributed by atoms with van der Waals surface area (Å²) >= 11 is 19.8. The lowest BCUT2D eigenvalue weighted by atomic mass is 10.4. The Balaban J connectivity index is 4.56. The topological polar surface area (TPSA) is 106 Å². The minimum absolute atomic E-state index is 0.218. The molecule has 0 aromatic rings. The summed E-state index contributed by atoms with van der Waals surface area (Å²) in [5, 5.41) is 4.91. The van der Waals surface area contributed by atoms with Gasteiger partial charge >= 0.3 is 24.5 Å². The van der Waals surface area contributed by atoms with Crippen molar-refractivity contribution in [2.24, 2.45) is 0 Å². The summed E-state index contributed by atoms with van der Waals surface area (Å²) in [4.78, 5) is 47.4. The Bertz CT molecular complexity index is 525. The molecule has 0 bridgehead atoms. The fourth-order valence-corrected chi connectivity index (χ4v) is 1.78. The van der Waals surface area contributed by atoms with Crippen molar-refractivity contribution >= 4 is 69.0 Å². The summed E-state index contributed by atoms with van der Waals surface area (Å²) in [6.45, 7) is -1.04. The zero-order valence-corrected chi connectivity index (χ0v) is 17.8. The van der Waals surface area contributed by atoms with Gasteiger partial charge in [0.05, 0.1) is 13.0 Å². The van der Waals surface area contributed by atoms with Crippen LogP contribution in [0.5, 0.6) is 0 Å². The largest absolute Gasteiger partial charge is 0.485 e. The molecule has 0 atom stereocenters. The van der Waals surface area contributed by atoms with Gasteiger partial charge in [-0.3, -0.25) is 0 Å². The Morgan fingerprint density at radius 2 is 1.57 bits per heavy atom. The Morgan fingerprint density at radius 3 is 2.11 bits per heavy atom. The predicted molar refractivity (Wildman–Crippen MR) is 96.1 cm³/mol. The molecule has 0 saturated heterocycles. The summed E-state index contributed by atoms with van der Waals surface area (Å²) in [6, 6.07) is 0. The first kappa shape index (κ1) is 27.0. The van der Waals surface area contributed by atoms with Crippen molar-refractivity contribution in [3.05, 3.63) is 0 Å². The maximum atomic E-state index is 12.0. The van der Waals surface area contributed by atoms with Crippen molar-refractivity contribution in [1.82, 2.24) is 15.7 Å². The van der Waals surface area contributed by atoms with E-state index in [1.54, 1.807) is 5.32 Å². The molecule has 2 N–H and O–H groups in total. The van der Waals surface area contributed by atoms with E-state index in [0.29, 0.717) is 16.8 Å². The van der Waals surface area contributed by atoms with E-state index in [9.17, 15) is 27.6 Å². The van der Waals surface area contributed by atoms with Crippen molar-refractivity contribution in [3.63, 3.8) is 0 Å². The maximum absolute atomic E-state index is 12.0. The molecular formula is C12H16BrCl3F3N3O6. The quantitative estimate of drug-likeness (QED) is 0.217. The van der Waals surface area contributed by atoms with Crippen LogP contribution >= 0.6 is 50.7 Å². The van der Waals surface area contributed by atoms with Crippen LogP contribution in [0, 0.1) is 0 Å². The molecule has 0 radical (unpaired) electrons. The number of nitrogens with zero attached hydrogens (tertiary/aromatic N) is 1. The molecule has 0 aliphatic rings. The maximum Gasteiger partial charge on any atom is 0.485 e. The second kappa shape index (κ2) is 13.2. The van der Waals surface area contributed by atoms with Gasteiger partial charge in [0.2, 0.25) is 0 Å². The Labute approximate surface area is 181 Å². The summed E-state index contributed by atoms with van der Waals surface area (Å²) < 4.78 is 34.1. The predicted octanol–water partition coefficient (Wildman–Crippen LogP) is 4.21. The van der Waals surface area contributed by atoms with Gasteiger partial charge in [-0.2, -0.15) is 13.2 Å². The summed E-state index contributed by atoms with van der Waals surface area (Å²) in [5.41, 5.74) is 0. The molecule has 0 heterocycles. The number of carbonyl (C=O) groups excluding carboxylic acids is 3. The fraction of sp³-hybridized carbons (Fsp3) is 0.750. The van der Waals surface area contributed by atoms with Gasteiger partial charge in [-0.15, -0.1) is 5.06 Å². The first-order valence-electron chi connectivity index (χ1n) is 7.43. The first-order valence-corrected chi connectivity index (χ1v) is 9.68. The fourth-order valence-electron chi connectivity index (χ4n) is 1.24. The Morgan fingerprint density at radius 1 is 0.964 bits per heavy atom. The summed E-state index contributed by atoms with van der Waals surface area (Å²) in [7, 11) is 0. The van der Waals surface area contributed by atoms with Crippen LogP contribution < -0.4 is 10.6 Å². The molecule has 0 fully saturated rings. The van der Waals surface area contributed by atoms with Crippen LogP contribution in [0.15, 0.2) is 0 Å². The van der Waals surface area contributed by atoms with Crippen molar-refractivity contribution < 1.29 is 42.2 Å². The standard InChI is InChI=1S/C12H16BrCl3F3N3O6/c13-4-1-5-20-8(23)26-22(7-3-11(14,15)16)10(25)28-27-9(24)21-6-2-12(17,18)19/h1-7H2,(H,20,23)(H,21,24). The zero-order valence-electron chi connectivity index (χ0n) is 14.0. The highest BCUT2D eigenvalue weighted by atomic mass is 79.9. The minimum atomic E-state index is -4.49. The average Bonchev–Trinajstić information content (AvgIpc) is 2.54. The molecule has 0 aromatic carbocycles. The number of nitrogens with one attached hydrogen (secondary N) is 2. The van der Waals surface area contributed by atoms with Gasteiger partial charge in [-0.1, -0.05) is 50.7 Å². The molecule has 0 aliphatic heterocycles. The minimum Gasteiger partial charge on any atom is -0.320 e. The van der Waals surface area contributed by atoms with Gasteiger partial charge in [0, 0.05) is 24.8 Å². The monoisotopic (exact) mass is 539 g/mol. The van der Waals surface area contributed by atoms with Crippen LogP contribution in [0.25, 0.3) is 0 Å². The second-order valence-corrected chi connectivity index (χ2v) is 8.14. The molecule has 0 rings (SSSR count). The van der Waals surface area contributed by atoms with Crippen LogP contribution in [0.3, 0.4) is 0 Å². The third-order valence-electron chi connectivity index (χ3n) is 2.44. The van der Waals surface area contributed by atoms with E-state index >= 15 is 0 Å². The van der Waals surface area contributed by atoms with E-state index in [-0.39, 0.29) is 13.0 Å². The highest BCUT2D eigenvalue weighted by Gasteiger charge is 2.29. The number of halogens is 7. The Hall–Kier alpha value is -1.05.